The van der Waals surface area contributed by atoms with E-state index < -0.39 is 0 Å². The molecule has 0 N–H and O–H groups in total. The molecule has 2 aromatic rings. The van der Waals surface area contributed by atoms with Gasteiger partial charge < -0.3 is 4.74 Å². The van der Waals surface area contributed by atoms with Crippen LogP contribution in [-0.2, 0) is 6.54 Å². The Bertz CT molecular complexity index is 476. The fourth-order valence-electron chi connectivity index (χ4n) is 1.51. The third-order valence-corrected chi connectivity index (χ3v) is 2.89. The zero-order valence-electron chi connectivity index (χ0n) is 9.27. The van der Waals surface area contributed by atoms with Gasteiger partial charge in [0.1, 0.15) is 5.75 Å². The van der Waals surface area contributed by atoms with Gasteiger partial charge in [-0.15, -0.1) is 0 Å². The lowest BCUT2D eigenvalue weighted by molar-refractivity contribution is 0.413. The van der Waals surface area contributed by atoms with Gasteiger partial charge in [-0.1, -0.05) is 15.9 Å². The molecule has 0 saturated heterocycles. The predicted octanol–water partition coefficient (Wildman–Crippen LogP) is 3.77. The highest BCUT2D eigenvalue weighted by Crippen LogP contribution is 2.23. The largest absolute Gasteiger partial charge is 0.426 e. The number of nitrogens with zero attached hydrogens (tertiary/aromatic N) is 2. The van der Waals surface area contributed by atoms with Crippen LogP contribution in [0.25, 0.3) is 0 Å². The van der Waals surface area contributed by atoms with Crippen molar-refractivity contribution >= 4 is 15.9 Å². The van der Waals surface area contributed by atoms with E-state index in [1.807, 2.05) is 42.0 Å². The molecule has 4 heteroatoms. The molecule has 0 unspecified atom stereocenters. The monoisotopic (exact) mass is 280 g/mol. The summed E-state index contributed by atoms with van der Waals surface area (Å²) in [7, 11) is 0. The van der Waals surface area contributed by atoms with Crippen LogP contribution >= 0.6 is 15.9 Å². The van der Waals surface area contributed by atoms with Crippen molar-refractivity contribution in [1.29, 1.82) is 0 Å². The van der Waals surface area contributed by atoms with Crippen molar-refractivity contribution in [3.8, 4) is 11.8 Å². The maximum atomic E-state index is 5.71. The highest BCUT2D eigenvalue weighted by Gasteiger charge is 2.07. The van der Waals surface area contributed by atoms with Gasteiger partial charge in [0.15, 0.2) is 0 Å². The van der Waals surface area contributed by atoms with Crippen LogP contribution < -0.4 is 4.74 Å². The molecule has 16 heavy (non-hydrogen) atoms. The number of aromatic nitrogens is 2. The van der Waals surface area contributed by atoms with E-state index in [4.69, 9.17) is 4.74 Å². The van der Waals surface area contributed by atoms with E-state index in [0.717, 1.165) is 22.5 Å². The zero-order valence-corrected chi connectivity index (χ0v) is 10.9. The molecule has 84 valence electrons. The van der Waals surface area contributed by atoms with Gasteiger partial charge in [-0.25, -0.2) is 4.98 Å². The first-order valence-electron chi connectivity index (χ1n) is 5.16. The molecule has 3 nitrogen and oxygen atoms in total. The van der Waals surface area contributed by atoms with Crippen LogP contribution in [0.5, 0.6) is 11.8 Å². The number of hydrogen-bond donors (Lipinski definition) is 0. The summed E-state index contributed by atoms with van der Waals surface area (Å²) in [4.78, 5) is 4.23. The molecule has 0 amide bonds. The van der Waals surface area contributed by atoms with Crippen molar-refractivity contribution in [3.63, 3.8) is 0 Å². The van der Waals surface area contributed by atoms with Gasteiger partial charge in [-0.05, 0) is 38.1 Å². The molecule has 1 heterocycles. The Morgan fingerprint density at radius 1 is 1.31 bits per heavy atom. The third-order valence-electron chi connectivity index (χ3n) is 2.36. The molecular weight excluding hydrogens is 268 g/mol. The number of rotatable bonds is 3. The van der Waals surface area contributed by atoms with Crippen LogP contribution in [0.1, 0.15) is 12.6 Å². The minimum absolute atomic E-state index is 0.641. The van der Waals surface area contributed by atoms with Crippen LogP contribution in [0.15, 0.2) is 34.9 Å². The van der Waals surface area contributed by atoms with Gasteiger partial charge in [0.05, 0.1) is 6.20 Å². The molecule has 0 aliphatic carbocycles. The first-order valence-corrected chi connectivity index (χ1v) is 5.95. The molecule has 1 aromatic heterocycles. The first-order chi connectivity index (χ1) is 7.70. The average Bonchev–Trinajstić information content (AvgIpc) is 2.63. The third kappa shape index (κ3) is 2.27. The van der Waals surface area contributed by atoms with Crippen molar-refractivity contribution in [3.05, 3.63) is 40.6 Å². The molecule has 0 saturated carbocycles. The summed E-state index contributed by atoms with van der Waals surface area (Å²) >= 11 is 3.39. The molecule has 0 aliphatic rings. The lowest BCUT2D eigenvalue weighted by atomic mass is 10.3. The van der Waals surface area contributed by atoms with Gasteiger partial charge >= 0.3 is 6.01 Å². The average molecular weight is 281 g/mol. The number of benzene rings is 1. The second-order valence-corrected chi connectivity index (χ2v) is 4.40. The van der Waals surface area contributed by atoms with E-state index >= 15 is 0 Å². The van der Waals surface area contributed by atoms with Gasteiger partial charge in [0.25, 0.3) is 0 Å². The molecule has 0 bridgehead atoms. The van der Waals surface area contributed by atoms with Crippen molar-refractivity contribution in [2.24, 2.45) is 0 Å². The first kappa shape index (κ1) is 11.2. The Morgan fingerprint density at radius 2 is 2.00 bits per heavy atom. The summed E-state index contributed by atoms with van der Waals surface area (Å²) < 4.78 is 8.77. The summed E-state index contributed by atoms with van der Waals surface area (Å²) in [6.45, 7) is 4.95. The van der Waals surface area contributed by atoms with Gasteiger partial charge in [-0.2, -0.15) is 0 Å². The molecule has 1 aromatic carbocycles. The summed E-state index contributed by atoms with van der Waals surface area (Å²) in [5, 5.41) is 0. The lowest BCUT2D eigenvalue weighted by Gasteiger charge is -2.07. The summed E-state index contributed by atoms with van der Waals surface area (Å²) in [6, 6.07) is 8.35. The van der Waals surface area contributed by atoms with Crippen molar-refractivity contribution in [2.45, 2.75) is 20.4 Å². The normalized spacial score (nSPS) is 10.4. The topological polar surface area (TPSA) is 27.1 Å². The lowest BCUT2D eigenvalue weighted by Crippen LogP contribution is -2.00. The number of aryl methyl sites for hydroxylation is 1. The number of ether oxygens (including phenoxy) is 1. The maximum absolute atomic E-state index is 5.71. The Kier molecular flexibility index (Phi) is 3.29. The van der Waals surface area contributed by atoms with Gasteiger partial charge in [-0.3, -0.25) is 4.57 Å². The smallest absolute Gasteiger partial charge is 0.302 e. The van der Waals surface area contributed by atoms with Crippen LogP contribution in [-0.4, -0.2) is 9.55 Å². The molecule has 0 aliphatic heterocycles. The van der Waals surface area contributed by atoms with Gasteiger partial charge in [0.2, 0.25) is 0 Å². The van der Waals surface area contributed by atoms with E-state index in [-0.39, 0.29) is 0 Å². The van der Waals surface area contributed by atoms with E-state index in [1.54, 1.807) is 0 Å². The highest BCUT2D eigenvalue weighted by molar-refractivity contribution is 9.10. The fourth-order valence-corrected chi connectivity index (χ4v) is 1.78. The second kappa shape index (κ2) is 4.70. The van der Waals surface area contributed by atoms with E-state index in [0.29, 0.717) is 6.01 Å². The molecule has 0 atom stereocenters. The van der Waals surface area contributed by atoms with Crippen LogP contribution in [0.3, 0.4) is 0 Å². The van der Waals surface area contributed by atoms with Crippen molar-refractivity contribution in [2.75, 3.05) is 0 Å². The second-order valence-electron chi connectivity index (χ2n) is 3.48. The zero-order chi connectivity index (χ0) is 11.5. The summed E-state index contributed by atoms with van der Waals surface area (Å²) in [5.74, 6) is 0.795. The molecular formula is C12H13BrN2O. The SMILES string of the molecule is CCn1c(C)cnc1Oc1ccc(Br)cc1. The predicted molar refractivity (Wildman–Crippen MR) is 66.9 cm³/mol. The highest BCUT2D eigenvalue weighted by atomic mass is 79.9. The van der Waals surface area contributed by atoms with Crippen LogP contribution in [0.2, 0.25) is 0 Å². The minimum atomic E-state index is 0.641. The number of halogens is 1. The molecule has 2 rings (SSSR count). The number of hydrogen-bond acceptors (Lipinski definition) is 2. The van der Waals surface area contributed by atoms with Gasteiger partial charge in [0, 0.05) is 16.7 Å². The summed E-state index contributed by atoms with van der Waals surface area (Å²) in [6.07, 6.45) is 1.82. The van der Waals surface area contributed by atoms with E-state index in [2.05, 4.69) is 27.8 Å². The molecule has 0 fully saturated rings. The Morgan fingerprint density at radius 3 is 2.62 bits per heavy atom. The Balaban J connectivity index is 2.23. The van der Waals surface area contributed by atoms with E-state index in [1.165, 1.54) is 0 Å². The van der Waals surface area contributed by atoms with E-state index in [9.17, 15) is 0 Å². The quantitative estimate of drug-likeness (QED) is 0.856. The molecule has 0 spiro atoms. The molecule has 0 radical (unpaired) electrons. The maximum Gasteiger partial charge on any atom is 0.302 e. The Labute approximate surface area is 103 Å². The standard InChI is InChI=1S/C12H13BrN2O/c1-3-15-9(2)8-14-12(15)16-11-6-4-10(13)5-7-11/h4-8H,3H2,1-2H3. The summed E-state index contributed by atoms with van der Waals surface area (Å²) in [5.41, 5.74) is 1.11. The van der Waals surface area contributed by atoms with Crippen LogP contribution in [0.4, 0.5) is 0 Å². The van der Waals surface area contributed by atoms with Crippen molar-refractivity contribution < 1.29 is 4.74 Å². The fraction of sp³-hybridized carbons (Fsp3) is 0.250. The minimum Gasteiger partial charge on any atom is -0.426 e. The number of imidazole rings is 1. The van der Waals surface area contributed by atoms with Crippen LogP contribution in [0, 0.1) is 6.92 Å². The van der Waals surface area contributed by atoms with Crippen molar-refractivity contribution in [1.82, 2.24) is 9.55 Å². The Hall–Kier alpha value is -1.29.